The van der Waals surface area contributed by atoms with E-state index >= 15 is 0 Å². The Bertz CT molecular complexity index is 722. The lowest BCUT2D eigenvalue weighted by atomic mass is 10.1. The first kappa shape index (κ1) is 21.7. The predicted octanol–water partition coefficient (Wildman–Crippen LogP) is 5.66. The van der Waals surface area contributed by atoms with Crippen LogP contribution in [0, 0.1) is 5.92 Å². The maximum atomic E-state index is 12.0. The SMILES string of the molecule is CCCCCCOC(=O)Oc1ccc(-c2cnccn2)cc1OCC(C)CC. The molecule has 2 rings (SSSR count). The number of hydrogen-bond acceptors (Lipinski definition) is 6. The van der Waals surface area contributed by atoms with Gasteiger partial charge in [-0.15, -0.1) is 0 Å². The lowest BCUT2D eigenvalue weighted by molar-refractivity contribution is 0.0955. The van der Waals surface area contributed by atoms with E-state index in [9.17, 15) is 4.79 Å². The summed E-state index contributed by atoms with van der Waals surface area (Å²) in [5, 5.41) is 0. The second-order valence-electron chi connectivity index (χ2n) is 6.84. The van der Waals surface area contributed by atoms with Gasteiger partial charge in [0.1, 0.15) is 0 Å². The van der Waals surface area contributed by atoms with Crippen molar-refractivity contribution in [2.24, 2.45) is 5.92 Å². The maximum Gasteiger partial charge on any atom is 0.513 e. The number of nitrogens with zero attached hydrogens (tertiary/aromatic N) is 2. The molecule has 0 N–H and O–H groups in total. The summed E-state index contributed by atoms with van der Waals surface area (Å²) in [7, 11) is 0. The Hall–Kier alpha value is -2.63. The molecule has 0 saturated heterocycles. The first-order chi connectivity index (χ1) is 13.6. The number of ether oxygens (including phenoxy) is 3. The van der Waals surface area contributed by atoms with Crippen molar-refractivity contribution in [1.29, 1.82) is 0 Å². The number of unbranched alkanes of at least 4 members (excludes halogenated alkanes) is 3. The zero-order valence-electron chi connectivity index (χ0n) is 17.0. The molecule has 0 radical (unpaired) electrons. The van der Waals surface area contributed by atoms with Crippen molar-refractivity contribution in [3.63, 3.8) is 0 Å². The van der Waals surface area contributed by atoms with Crippen LogP contribution in [-0.2, 0) is 4.74 Å². The minimum absolute atomic E-state index is 0.342. The van der Waals surface area contributed by atoms with Crippen LogP contribution < -0.4 is 9.47 Å². The van der Waals surface area contributed by atoms with Gasteiger partial charge in [-0.2, -0.15) is 0 Å². The summed E-state index contributed by atoms with van der Waals surface area (Å²) in [6.07, 6.45) is 9.38. The van der Waals surface area contributed by atoms with Gasteiger partial charge in [-0.25, -0.2) is 4.79 Å². The van der Waals surface area contributed by atoms with Crippen molar-refractivity contribution in [3.05, 3.63) is 36.8 Å². The molecule has 6 heteroatoms. The lowest BCUT2D eigenvalue weighted by Crippen LogP contribution is -2.13. The van der Waals surface area contributed by atoms with Crippen LogP contribution >= 0.6 is 0 Å². The van der Waals surface area contributed by atoms with Crippen LogP contribution in [0.4, 0.5) is 4.79 Å². The standard InChI is InChI=1S/C22H30N2O4/c1-4-6-7-8-13-26-22(25)28-20-10-9-18(19-15-23-11-12-24-19)14-21(20)27-16-17(3)5-2/h9-12,14-15,17H,4-8,13,16H2,1-3H3. The zero-order chi connectivity index (χ0) is 20.2. The van der Waals surface area contributed by atoms with E-state index in [2.05, 4.69) is 30.7 Å². The Morgan fingerprint density at radius 1 is 1.11 bits per heavy atom. The summed E-state index contributed by atoms with van der Waals surface area (Å²) < 4.78 is 16.5. The van der Waals surface area contributed by atoms with E-state index in [4.69, 9.17) is 14.2 Å². The Balaban J connectivity index is 2.07. The van der Waals surface area contributed by atoms with Crippen molar-refractivity contribution in [1.82, 2.24) is 9.97 Å². The van der Waals surface area contributed by atoms with Gasteiger partial charge in [0.2, 0.25) is 0 Å². The fourth-order valence-corrected chi connectivity index (χ4v) is 2.47. The summed E-state index contributed by atoms with van der Waals surface area (Å²) in [5.74, 6) is 1.22. The molecule has 0 amide bonds. The predicted molar refractivity (Wildman–Crippen MR) is 109 cm³/mol. The fraction of sp³-hybridized carbons (Fsp3) is 0.500. The molecule has 0 saturated carbocycles. The van der Waals surface area contributed by atoms with Crippen molar-refractivity contribution in [2.45, 2.75) is 52.9 Å². The molecule has 152 valence electrons. The molecule has 0 aliphatic heterocycles. The van der Waals surface area contributed by atoms with E-state index in [0.29, 0.717) is 30.6 Å². The van der Waals surface area contributed by atoms with Crippen LogP contribution in [-0.4, -0.2) is 29.3 Å². The molecule has 1 unspecified atom stereocenters. The lowest BCUT2D eigenvalue weighted by Gasteiger charge is -2.15. The third kappa shape index (κ3) is 7.18. The van der Waals surface area contributed by atoms with Gasteiger partial charge in [-0.05, 0) is 30.5 Å². The third-order valence-corrected chi connectivity index (χ3v) is 4.43. The monoisotopic (exact) mass is 386 g/mol. The highest BCUT2D eigenvalue weighted by molar-refractivity contribution is 5.68. The maximum absolute atomic E-state index is 12.0. The highest BCUT2D eigenvalue weighted by atomic mass is 16.7. The van der Waals surface area contributed by atoms with Crippen LogP contribution in [0.5, 0.6) is 11.5 Å². The summed E-state index contributed by atoms with van der Waals surface area (Å²) in [4.78, 5) is 20.4. The largest absolute Gasteiger partial charge is 0.513 e. The minimum Gasteiger partial charge on any atom is -0.489 e. The molecule has 28 heavy (non-hydrogen) atoms. The van der Waals surface area contributed by atoms with Gasteiger partial charge in [-0.1, -0.05) is 46.5 Å². The molecule has 0 bridgehead atoms. The van der Waals surface area contributed by atoms with E-state index in [1.807, 2.05) is 12.1 Å². The number of benzene rings is 1. The van der Waals surface area contributed by atoms with Gasteiger partial charge in [0.25, 0.3) is 0 Å². The van der Waals surface area contributed by atoms with Crippen molar-refractivity contribution in [3.8, 4) is 22.8 Å². The Labute approximate surface area is 167 Å². The van der Waals surface area contributed by atoms with E-state index < -0.39 is 6.16 Å². The Morgan fingerprint density at radius 3 is 2.68 bits per heavy atom. The highest BCUT2D eigenvalue weighted by Gasteiger charge is 2.14. The third-order valence-electron chi connectivity index (χ3n) is 4.43. The fourth-order valence-electron chi connectivity index (χ4n) is 2.47. The summed E-state index contributed by atoms with van der Waals surface area (Å²) >= 11 is 0. The van der Waals surface area contributed by atoms with Crippen molar-refractivity contribution < 1.29 is 19.0 Å². The normalized spacial score (nSPS) is 11.7. The topological polar surface area (TPSA) is 70.5 Å². The van der Waals surface area contributed by atoms with Crippen LogP contribution in [0.1, 0.15) is 52.9 Å². The van der Waals surface area contributed by atoms with Crippen molar-refractivity contribution >= 4 is 6.16 Å². The number of carbonyl (C=O) groups is 1. The van der Waals surface area contributed by atoms with Crippen LogP contribution in [0.15, 0.2) is 36.8 Å². The van der Waals surface area contributed by atoms with Crippen LogP contribution in [0.3, 0.4) is 0 Å². The van der Waals surface area contributed by atoms with Crippen LogP contribution in [0.25, 0.3) is 11.3 Å². The van der Waals surface area contributed by atoms with Gasteiger partial charge in [0.15, 0.2) is 11.5 Å². The molecule has 1 aromatic heterocycles. The van der Waals surface area contributed by atoms with Crippen LogP contribution in [0.2, 0.25) is 0 Å². The van der Waals surface area contributed by atoms with E-state index in [0.717, 1.165) is 43.4 Å². The molecule has 1 heterocycles. The van der Waals surface area contributed by atoms with E-state index in [1.165, 1.54) is 0 Å². The first-order valence-electron chi connectivity index (χ1n) is 10.0. The van der Waals surface area contributed by atoms with Gasteiger partial charge in [-0.3, -0.25) is 9.97 Å². The number of hydrogen-bond donors (Lipinski definition) is 0. The molecule has 1 atom stereocenters. The van der Waals surface area contributed by atoms with Gasteiger partial charge in [0, 0.05) is 18.0 Å². The average Bonchev–Trinajstić information content (AvgIpc) is 2.73. The number of rotatable bonds is 11. The van der Waals surface area contributed by atoms with Gasteiger partial charge in [0.05, 0.1) is 25.1 Å². The first-order valence-corrected chi connectivity index (χ1v) is 10.0. The highest BCUT2D eigenvalue weighted by Crippen LogP contribution is 2.32. The van der Waals surface area contributed by atoms with Gasteiger partial charge >= 0.3 is 6.16 Å². The zero-order valence-corrected chi connectivity index (χ0v) is 17.0. The van der Waals surface area contributed by atoms with Crippen molar-refractivity contribution in [2.75, 3.05) is 13.2 Å². The number of carbonyl (C=O) groups excluding carboxylic acids is 1. The molecule has 0 spiro atoms. The summed E-state index contributed by atoms with van der Waals surface area (Å²) in [5.41, 5.74) is 1.56. The molecule has 6 nitrogen and oxygen atoms in total. The average molecular weight is 386 g/mol. The molecule has 2 aromatic rings. The molecule has 0 aliphatic rings. The molecular formula is C22H30N2O4. The molecular weight excluding hydrogens is 356 g/mol. The smallest absolute Gasteiger partial charge is 0.489 e. The molecule has 1 aromatic carbocycles. The van der Waals surface area contributed by atoms with E-state index in [-0.39, 0.29) is 0 Å². The summed E-state index contributed by atoms with van der Waals surface area (Å²) in [6, 6.07) is 5.34. The Kier molecular flexibility index (Phi) is 9.25. The number of aromatic nitrogens is 2. The molecule has 0 aliphatic carbocycles. The second kappa shape index (κ2) is 12.0. The second-order valence-corrected chi connectivity index (χ2v) is 6.84. The minimum atomic E-state index is -0.711. The van der Waals surface area contributed by atoms with Gasteiger partial charge < -0.3 is 14.2 Å². The quantitative estimate of drug-likeness (QED) is 0.282. The van der Waals surface area contributed by atoms with E-state index in [1.54, 1.807) is 24.7 Å². The molecule has 0 fully saturated rings. The summed E-state index contributed by atoms with van der Waals surface area (Å²) in [6.45, 7) is 7.25. The Morgan fingerprint density at radius 2 is 1.96 bits per heavy atom.